The zero-order valence-electron chi connectivity index (χ0n) is 21.0. The quantitative estimate of drug-likeness (QED) is 0.173. The van der Waals surface area contributed by atoms with Crippen molar-refractivity contribution in [2.24, 2.45) is 11.7 Å². The third-order valence-corrected chi connectivity index (χ3v) is 6.19. The Morgan fingerprint density at radius 1 is 1.03 bits per heavy atom. The second-order valence-electron chi connectivity index (χ2n) is 9.49. The molecule has 0 aliphatic carbocycles. The number of benzene rings is 1. The molecule has 1 heterocycles. The van der Waals surface area contributed by atoms with E-state index in [0.29, 0.717) is 31.4 Å². The van der Waals surface area contributed by atoms with Crippen molar-refractivity contribution >= 4 is 23.7 Å². The van der Waals surface area contributed by atoms with Gasteiger partial charge in [-0.15, -0.1) is 0 Å². The molecule has 1 saturated heterocycles. The minimum absolute atomic E-state index is 0.0786. The fraction of sp³-hybridized carbons (Fsp3) is 0.600. The molecular formula is C25H39N5O6. The number of carboxylic acid groups (broad SMARTS) is 1. The van der Waals surface area contributed by atoms with E-state index in [2.05, 4.69) is 21.3 Å². The number of phenols is 1. The van der Waals surface area contributed by atoms with Gasteiger partial charge < -0.3 is 37.2 Å². The average molecular weight is 506 g/mol. The van der Waals surface area contributed by atoms with Crippen molar-refractivity contribution in [2.75, 3.05) is 13.1 Å². The number of aliphatic carboxylic acids is 1. The number of rotatable bonds is 14. The number of nitrogens with two attached hydrogens (primary N) is 1. The van der Waals surface area contributed by atoms with Crippen molar-refractivity contribution in [3.8, 4) is 5.75 Å². The Morgan fingerprint density at radius 2 is 1.72 bits per heavy atom. The van der Waals surface area contributed by atoms with Crippen LogP contribution in [-0.4, -0.2) is 71.2 Å². The highest BCUT2D eigenvalue weighted by molar-refractivity contribution is 5.94. The second kappa shape index (κ2) is 14.4. The topological polar surface area (TPSA) is 183 Å². The third-order valence-electron chi connectivity index (χ3n) is 6.19. The molecule has 8 N–H and O–H groups in total. The van der Waals surface area contributed by atoms with Crippen LogP contribution in [0.3, 0.4) is 0 Å². The average Bonchev–Trinajstić information content (AvgIpc) is 3.37. The lowest BCUT2D eigenvalue weighted by atomic mass is 10.00. The van der Waals surface area contributed by atoms with Gasteiger partial charge in [-0.3, -0.25) is 14.4 Å². The first-order valence-corrected chi connectivity index (χ1v) is 12.5. The van der Waals surface area contributed by atoms with E-state index >= 15 is 0 Å². The molecule has 0 radical (unpaired) electrons. The summed E-state index contributed by atoms with van der Waals surface area (Å²) < 4.78 is 0. The number of nitrogens with one attached hydrogen (secondary N) is 4. The van der Waals surface area contributed by atoms with Gasteiger partial charge in [0.1, 0.15) is 23.9 Å². The van der Waals surface area contributed by atoms with E-state index in [0.717, 1.165) is 13.0 Å². The molecule has 1 aliphatic rings. The lowest BCUT2D eigenvalue weighted by Crippen LogP contribution is -2.58. The van der Waals surface area contributed by atoms with E-state index in [4.69, 9.17) is 5.73 Å². The molecule has 11 nitrogen and oxygen atoms in total. The van der Waals surface area contributed by atoms with Crippen LogP contribution < -0.4 is 27.0 Å². The summed E-state index contributed by atoms with van der Waals surface area (Å²) in [6.07, 6.45) is 3.08. The first-order valence-electron chi connectivity index (χ1n) is 12.5. The molecule has 0 bridgehead atoms. The van der Waals surface area contributed by atoms with E-state index < -0.39 is 42.0 Å². The molecule has 11 heteroatoms. The summed E-state index contributed by atoms with van der Waals surface area (Å²) in [4.78, 5) is 50.7. The largest absolute Gasteiger partial charge is 0.508 e. The van der Waals surface area contributed by atoms with Gasteiger partial charge in [0, 0.05) is 6.42 Å². The van der Waals surface area contributed by atoms with Crippen LogP contribution in [0.25, 0.3) is 0 Å². The molecule has 0 saturated carbocycles. The van der Waals surface area contributed by atoms with E-state index in [1.54, 1.807) is 26.0 Å². The Morgan fingerprint density at radius 3 is 2.28 bits per heavy atom. The first-order chi connectivity index (χ1) is 17.1. The summed E-state index contributed by atoms with van der Waals surface area (Å²) in [5.74, 6) is -2.88. The van der Waals surface area contributed by atoms with Gasteiger partial charge in [0.15, 0.2) is 0 Å². The molecule has 200 valence electrons. The lowest BCUT2D eigenvalue weighted by molar-refractivity contribution is -0.142. The molecule has 1 aromatic rings. The van der Waals surface area contributed by atoms with Gasteiger partial charge in [-0.2, -0.15) is 0 Å². The molecule has 4 unspecified atom stereocenters. The van der Waals surface area contributed by atoms with Gasteiger partial charge in [-0.25, -0.2) is 4.79 Å². The van der Waals surface area contributed by atoms with Crippen LogP contribution in [0, 0.1) is 5.92 Å². The molecule has 0 aromatic heterocycles. The van der Waals surface area contributed by atoms with Crippen LogP contribution in [0.2, 0.25) is 0 Å². The SMILES string of the molecule is CC(C)C(NC(=O)C(Cc1ccc(O)cc1)NC(=O)C1CCCN1)C(=O)NC(CCCCN)C(=O)O. The number of hydrogen-bond donors (Lipinski definition) is 7. The minimum Gasteiger partial charge on any atom is -0.508 e. The van der Waals surface area contributed by atoms with E-state index in [1.807, 2.05) is 0 Å². The molecular weight excluding hydrogens is 466 g/mol. The summed E-state index contributed by atoms with van der Waals surface area (Å²) in [5.41, 5.74) is 6.18. The van der Waals surface area contributed by atoms with Crippen LogP contribution in [-0.2, 0) is 25.6 Å². The predicted molar refractivity (Wildman–Crippen MR) is 134 cm³/mol. The highest BCUT2D eigenvalue weighted by Gasteiger charge is 2.32. The van der Waals surface area contributed by atoms with Gasteiger partial charge >= 0.3 is 5.97 Å². The molecule has 1 aliphatic heterocycles. The number of amides is 3. The Hall–Kier alpha value is -3.18. The number of carboxylic acids is 1. The molecule has 1 aromatic carbocycles. The van der Waals surface area contributed by atoms with Gasteiger partial charge in [0.2, 0.25) is 17.7 Å². The zero-order valence-corrected chi connectivity index (χ0v) is 21.0. The molecule has 2 rings (SSSR count). The van der Waals surface area contributed by atoms with Gasteiger partial charge in [-0.05, 0) is 68.8 Å². The third kappa shape index (κ3) is 9.12. The van der Waals surface area contributed by atoms with Crippen molar-refractivity contribution in [1.29, 1.82) is 0 Å². The maximum absolute atomic E-state index is 13.3. The Labute approximate surface area is 211 Å². The molecule has 0 spiro atoms. The maximum atomic E-state index is 13.3. The monoisotopic (exact) mass is 505 g/mol. The van der Waals surface area contributed by atoms with Crippen molar-refractivity contribution in [3.05, 3.63) is 29.8 Å². The molecule has 3 amide bonds. The van der Waals surface area contributed by atoms with E-state index in [-0.39, 0.29) is 30.4 Å². The van der Waals surface area contributed by atoms with Crippen LogP contribution in [0.1, 0.15) is 51.5 Å². The fourth-order valence-electron chi connectivity index (χ4n) is 4.06. The molecule has 1 fully saturated rings. The fourth-order valence-corrected chi connectivity index (χ4v) is 4.06. The number of aromatic hydroxyl groups is 1. The number of unbranched alkanes of at least 4 members (excludes halogenated alkanes) is 1. The summed E-state index contributed by atoms with van der Waals surface area (Å²) in [5, 5.41) is 30.2. The highest BCUT2D eigenvalue weighted by Crippen LogP contribution is 2.13. The van der Waals surface area contributed by atoms with Crippen molar-refractivity contribution in [1.82, 2.24) is 21.3 Å². The summed E-state index contributed by atoms with van der Waals surface area (Å²) in [6.45, 7) is 4.63. The van der Waals surface area contributed by atoms with Crippen LogP contribution >= 0.6 is 0 Å². The van der Waals surface area contributed by atoms with Crippen molar-refractivity contribution in [2.45, 2.75) is 76.5 Å². The highest BCUT2D eigenvalue weighted by atomic mass is 16.4. The smallest absolute Gasteiger partial charge is 0.326 e. The van der Waals surface area contributed by atoms with Crippen molar-refractivity contribution in [3.63, 3.8) is 0 Å². The van der Waals surface area contributed by atoms with Crippen LogP contribution in [0.5, 0.6) is 5.75 Å². The number of carbonyl (C=O) groups is 4. The summed E-state index contributed by atoms with van der Waals surface area (Å²) in [7, 11) is 0. The molecule has 4 atom stereocenters. The number of carbonyl (C=O) groups excluding carboxylic acids is 3. The molecule has 36 heavy (non-hydrogen) atoms. The Balaban J connectivity index is 2.14. The van der Waals surface area contributed by atoms with E-state index in [1.165, 1.54) is 12.1 Å². The van der Waals surface area contributed by atoms with Gasteiger partial charge in [-0.1, -0.05) is 26.0 Å². The number of phenolic OH excluding ortho intramolecular Hbond substituents is 1. The normalized spacial score (nSPS) is 17.7. The Kier molecular flexibility index (Phi) is 11.6. The standard InChI is InChI=1S/C25H39N5O6/c1-15(2)21(24(34)28-19(25(35)36)6-3-4-12-26)30-23(33)20(14-16-8-10-17(31)11-9-16)29-22(32)18-7-5-13-27-18/h8-11,15,18-21,27,31H,3-7,12-14,26H2,1-2H3,(H,28,34)(H,29,32)(H,30,33)(H,35,36). The lowest BCUT2D eigenvalue weighted by Gasteiger charge is -2.27. The number of hydrogen-bond acceptors (Lipinski definition) is 7. The van der Waals surface area contributed by atoms with Crippen LogP contribution in [0.4, 0.5) is 0 Å². The van der Waals surface area contributed by atoms with Gasteiger partial charge in [0.25, 0.3) is 0 Å². The summed E-state index contributed by atoms with van der Waals surface area (Å²) >= 11 is 0. The Bertz CT molecular complexity index is 885. The second-order valence-corrected chi connectivity index (χ2v) is 9.49. The van der Waals surface area contributed by atoms with Crippen LogP contribution in [0.15, 0.2) is 24.3 Å². The predicted octanol–water partition coefficient (Wildman–Crippen LogP) is 0.0107. The minimum atomic E-state index is -1.16. The zero-order chi connectivity index (χ0) is 26.7. The van der Waals surface area contributed by atoms with Crippen molar-refractivity contribution < 1.29 is 29.4 Å². The maximum Gasteiger partial charge on any atom is 0.326 e. The van der Waals surface area contributed by atoms with Gasteiger partial charge in [0.05, 0.1) is 6.04 Å². The first kappa shape index (κ1) is 29.1. The van der Waals surface area contributed by atoms with E-state index in [9.17, 15) is 29.4 Å². The summed E-state index contributed by atoms with van der Waals surface area (Å²) in [6, 6.07) is 2.83.